The Bertz CT molecular complexity index is 891. The Balaban J connectivity index is 2.10. The van der Waals surface area contributed by atoms with Crippen molar-refractivity contribution in [3.05, 3.63) is 67.9 Å². The number of nitro groups is 1. The molecule has 2 rings (SSSR count). The van der Waals surface area contributed by atoms with Gasteiger partial charge < -0.3 is 10.1 Å². The number of ether oxygens (including phenoxy) is 1. The van der Waals surface area contributed by atoms with Crippen molar-refractivity contribution in [2.75, 3.05) is 5.32 Å². The van der Waals surface area contributed by atoms with Gasteiger partial charge in [-0.15, -0.1) is 0 Å². The fraction of sp³-hybridized carbons (Fsp3) is 0.125. The highest BCUT2D eigenvalue weighted by atomic mass is 35.5. The summed E-state index contributed by atoms with van der Waals surface area (Å²) in [5.74, 6) is -2.31. The number of halogens is 3. The maximum absolute atomic E-state index is 13.0. The first kappa shape index (κ1) is 19.6. The number of amides is 1. The summed E-state index contributed by atoms with van der Waals surface area (Å²) in [6.45, 7) is 1.29. The molecule has 0 aliphatic carbocycles. The minimum Gasteiger partial charge on any atom is -0.449 e. The third-order valence-corrected chi connectivity index (χ3v) is 3.87. The van der Waals surface area contributed by atoms with Gasteiger partial charge >= 0.3 is 5.97 Å². The number of hydrogen-bond acceptors (Lipinski definition) is 5. The second kappa shape index (κ2) is 8.11. The number of non-ortho nitro benzene ring substituents is 1. The molecule has 7 nitrogen and oxygen atoms in total. The van der Waals surface area contributed by atoms with Gasteiger partial charge in [0.1, 0.15) is 5.82 Å². The van der Waals surface area contributed by atoms with E-state index in [1.807, 2.05) is 0 Å². The summed E-state index contributed by atoms with van der Waals surface area (Å²) in [4.78, 5) is 34.3. The van der Waals surface area contributed by atoms with Crippen molar-refractivity contribution in [2.45, 2.75) is 13.0 Å². The van der Waals surface area contributed by atoms with Crippen LogP contribution in [0.25, 0.3) is 0 Å². The molecule has 0 aromatic heterocycles. The zero-order chi connectivity index (χ0) is 19.4. The quantitative estimate of drug-likeness (QED) is 0.460. The molecule has 0 unspecified atom stereocenters. The largest absolute Gasteiger partial charge is 0.449 e. The second-order valence-electron chi connectivity index (χ2n) is 5.08. The Kier molecular flexibility index (Phi) is 6.12. The van der Waals surface area contributed by atoms with E-state index in [1.54, 1.807) is 0 Å². The van der Waals surface area contributed by atoms with Crippen molar-refractivity contribution in [1.82, 2.24) is 0 Å². The average Bonchev–Trinajstić information content (AvgIpc) is 2.57. The molecule has 26 heavy (non-hydrogen) atoms. The molecule has 0 aliphatic rings. The van der Waals surface area contributed by atoms with Crippen molar-refractivity contribution >= 4 is 46.5 Å². The van der Waals surface area contributed by atoms with Crippen LogP contribution in [0.2, 0.25) is 10.0 Å². The molecule has 0 heterocycles. The highest BCUT2D eigenvalue weighted by Gasteiger charge is 2.23. The van der Waals surface area contributed by atoms with E-state index >= 15 is 0 Å². The van der Waals surface area contributed by atoms with E-state index in [2.05, 4.69) is 5.32 Å². The molecule has 10 heteroatoms. The first-order valence-electron chi connectivity index (χ1n) is 7.10. The normalized spacial score (nSPS) is 11.5. The van der Waals surface area contributed by atoms with Crippen LogP contribution in [0.4, 0.5) is 15.8 Å². The number of esters is 1. The van der Waals surface area contributed by atoms with E-state index in [-0.39, 0.29) is 27.0 Å². The summed E-state index contributed by atoms with van der Waals surface area (Å²) in [5, 5.41) is 13.1. The molecule has 0 spiro atoms. The molecule has 0 fully saturated rings. The van der Waals surface area contributed by atoms with E-state index in [4.69, 9.17) is 27.9 Å². The van der Waals surface area contributed by atoms with E-state index in [0.29, 0.717) is 0 Å². The number of carbonyl (C=O) groups excluding carboxylic acids is 2. The number of carbonyl (C=O) groups is 2. The molecule has 0 aliphatic heterocycles. The molecule has 136 valence electrons. The molecule has 1 amide bonds. The fourth-order valence-corrected chi connectivity index (χ4v) is 2.30. The Morgan fingerprint density at radius 3 is 2.50 bits per heavy atom. The van der Waals surface area contributed by atoms with Gasteiger partial charge in [0.25, 0.3) is 11.6 Å². The minimum atomic E-state index is -1.26. The smallest absolute Gasteiger partial charge is 0.340 e. The Morgan fingerprint density at radius 2 is 1.88 bits per heavy atom. The zero-order valence-corrected chi connectivity index (χ0v) is 14.7. The maximum Gasteiger partial charge on any atom is 0.340 e. The van der Waals surface area contributed by atoms with Gasteiger partial charge in [-0.25, -0.2) is 9.18 Å². The molecule has 2 aromatic rings. The SMILES string of the molecule is C[C@H](OC(=O)c1cc([N+](=O)[O-])ccc1Cl)C(=O)Nc1ccc(F)cc1Cl. The van der Waals surface area contributed by atoms with Gasteiger partial charge in [0, 0.05) is 12.1 Å². The van der Waals surface area contributed by atoms with Crippen LogP contribution in [0, 0.1) is 15.9 Å². The lowest BCUT2D eigenvalue weighted by atomic mass is 10.2. The number of nitro benzene ring substituents is 1. The molecule has 0 saturated carbocycles. The number of anilines is 1. The molecule has 0 radical (unpaired) electrons. The van der Waals surface area contributed by atoms with Gasteiger partial charge in [-0.2, -0.15) is 0 Å². The summed E-state index contributed by atoms with van der Waals surface area (Å²) in [5.41, 5.74) is -0.466. The fourth-order valence-electron chi connectivity index (χ4n) is 1.89. The molecule has 0 saturated heterocycles. The van der Waals surface area contributed by atoms with Crippen molar-refractivity contribution in [1.29, 1.82) is 0 Å². The number of nitrogens with one attached hydrogen (secondary N) is 1. The lowest BCUT2D eigenvalue weighted by Crippen LogP contribution is -2.30. The third kappa shape index (κ3) is 4.68. The van der Waals surface area contributed by atoms with Gasteiger partial charge in [0.05, 0.1) is 26.2 Å². The first-order valence-corrected chi connectivity index (χ1v) is 7.85. The van der Waals surface area contributed by atoms with Gasteiger partial charge in [0.15, 0.2) is 6.10 Å². The predicted molar refractivity (Wildman–Crippen MR) is 93.0 cm³/mol. The molecule has 1 N–H and O–H groups in total. The number of nitrogens with zero attached hydrogens (tertiary/aromatic N) is 1. The van der Waals surface area contributed by atoms with Gasteiger partial charge in [0.2, 0.25) is 0 Å². The lowest BCUT2D eigenvalue weighted by molar-refractivity contribution is -0.384. The van der Waals surface area contributed by atoms with Crippen LogP contribution in [0.3, 0.4) is 0 Å². The van der Waals surface area contributed by atoms with Crippen LogP contribution in [-0.4, -0.2) is 22.9 Å². The van der Waals surface area contributed by atoms with Crippen molar-refractivity contribution in [3.63, 3.8) is 0 Å². The van der Waals surface area contributed by atoms with Crippen molar-refractivity contribution in [2.24, 2.45) is 0 Å². The maximum atomic E-state index is 13.0. The summed E-state index contributed by atoms with van der Waals surface area (Å²) < 4.78 is 18.0. The van der Waals surface area contributed by atoms with Crippen LogP contribution in [0.5, 0.6) is 0 Å². The summed E-state index contributed by atoms with van der Waals surface area (Å²) in [6, 6.07) is 6.62. The van der Waals surface area contributed by atoms with E-state index < -0.39 is 28.7 Å². The number of rotatable bonds is 5. The minimum absolute atomic E-state index is 0.0291. The van der Waals surface area contributed by atoms with Crippen LogP contribution in [0.1, 0.15) is 17.3 Å². The molecular formula is C16H11Cl2FN2O5. The van der Waals surface area contributed by atoms with Crippen LogP contribution < -0.4 is 5.32 Å². The Labute approximate surface area is 156 Å². The van der Waals surface area contributed by atoms with E-state index in [1.165, 1.54) is 19.1 Å². The summed E-state index contributed by atoms with van der Waals surface area (Å²) in [7, 11) is 0. The molecule has 0 bridgehead atoms. The monoisotopic (exact) mass is 400 g/mol. The van der Waals surface area contributed by atoms with E-state index in [9.17, 15) is 24.1 Å². The Hall–Kier alpha value is -2.71. The summed E-state index contributed by atoms with van der Waals surface area (Å²) in [6.07, 6.45) is -1.26. The second-order valence-corrected chi connectivity index (χ2v) is 5.90. The zero-order valence-electron chi connectivity index (χ0n) is 13.2. The highest BCUT2D eigenvalue weighted by Crippen LogP contribution is 2.24. The highest BCUT2D eigenvalue weighted by molar-refractivity contribution is 6.34. The average molecular weight is 401 g/mol. The number of benzene rings is 2. The Morgan fingerprint density at radius 1 is 1.19 bits per heavy atom. The van der Waals surface area contributed by atoms with Gasteiger partial charge in [-0.1, -0.05) is 23.2 Å². The topological polar surface area (TPSA) is 98.5 Å². The predicted octanol–water partition coefficient (Wildman–Crippen LogP) is 4.22. The van der Waals surface area contributed by atoms with Gasteiger partial charge in [-0.05, 0) is 31.2 Å². The van der Waals surface area contributed by atoms with Gasteiger partial charge in [-0.3, -0.25) is 14.9 Å². The molecular weight excluding hydrogens is 390 g/mol. The van der Waals surface area contributed by atoms with Crippen molar-refractivity contribution in [3.8, 4) is 0 Å². The van der Waals surface area contributed by atoms with Crippen molar-refractivity contribution < 1.29 is 23.6 Å². The van der Waals surface area contributed by atoms with Crippen LogP contribution in [0.15, 0.2) is 36.4 Å². The third-order valence-electron chi connectivity index (χ3n) is 3.22. The molecule has 2 aromatic carbocycles. The van der Waals surface area contributed by atoms with Crippen LogP contribution >= 0.6 is 23.2 Å². The number of hydrogen-bond donors (Lipinski definition) is 1. The van der Waals surface area contributed by atoms with E-state index in [0.717, 1.165) is 24.3 Å². The summed E-state index contributed by atoms with van der Waals surface area (Å²) >= 11 is 11.7. The van der Waals surface area contributed by atoms with Crippen LogP contribution in [-0.2, 0) is 9.53 Å². The standard InChI is InChI=1S/C16H11Cl2FN2O5/c1-8(15(22)20-14-5-2-9(19)6-13(14)18)26-16(23)11-7-10(21(24)25)3-4-12(11)17/h2-8H,1H3,(H,20,22)/t8-/m0/s1. The molecule has 1 atom stereocenters. The lowest BCUT2D eigenvalue weighted by Gasteiger charge is -2.14. The first-order chi connectivity index (χ1) is 12.2.